The van der Waals surface area contributed by atoms with Crippen LogP contribution in [-0.2, 0) is 13.0 Å². The lowest BCUT2D eigenvalue weighted by molar-refractivity contribution is 0.277. The molecule has 0 amide bonds. The molecule has 1 unspecified atom stereocenters. The van der Waals surface area contributed by atoms with Gasteiger partial charge in [0.15, 0.2) is 11.5 Å². The van der Waals surface area contributed by atoms with Crippen LogP contribution in [0.3, 0.4) is 0 Å². The number of nitrogens with zero attached hydrogens (tertiary/aromatic N) is 3. The predicted molar refractivity (Wildman–Crippen MR) is 85.7 cm³/mol. The van der Waals surface area contributed by atoms with Crippen molar-refractivity contribution in [1.29, 1.82) is 0 Å². The third kappa shape index (κ3) is 3.82. The molecule has 1 aromatic heterocycles. The summed E-state index contributed by atoms with van der Waals surface area (Å²) in [5.74, 6) is 3.53. The molecule has 1 aliphatic heterocycles. The molecule has 1 fully saturated rings. The standard InChI is InChI=1S/C17H23N3O3/c1-12-18-19-17(23-12)11-20-7-6-14(10-20)8-13-4-5-15(21-2)16(9-13)22-3/h4-5,9,14H,6-8,10-11H2,1-3H3. The Kier molecular flexibility index (Phi) is 4.81. The molecule has 0 N–H and O–H groups in total. The summed E-state index contributed by atoms with van der Waals surface area (Å²) in [6, 6.07) is 6.16. The Morgan fingerprint density at radius 2 is 2.04 bits per heavy atom. The second-order valence-electron chi connectivity index (χ2n) is 6.00. The normalized spacial score (nSPS) is 18.3. The monoisotopic (exact) mass is 317 g/mol. The largest absolute Gasteiger partial charge is 0.493 e. The van der Waals surface area contributed by atoms with Gasteiger partial charge in [-0.1, -0.05) is 6.07 Å². The predicted octanol–water partition coefficient (Wildman–Crippen LogP) is 2.46. The molecule has 124 valence electrons. The van der Waals surface area contributed by atoms with E-state index in [2.05, 4.69) is 27.2 Å². The van der Waals surface area contributed by atoms with Gasteiger partial charge in [-0.2, -0.15) is 0 Å². The van der Waals surface area contributed by atoms with E-state index in [-0.39, 0.29) is 0 Å². The first-order valence-corrected chi connectivity index (χ1v) is 7.90. The molecule has 23 heavy (non-hydrogen) atoms. The second kappa shape index (κ2) is 7.00. The van der Waals surface area contributed by atoms with Gasteiger partial charge in [0.2, 0.25) is 11.8 Å². The van der Waals surface area contributed by atoms with E-state index in [0.29, 0.717) is 17.7 Å². The van der Waals surface area contributed by atoms with E-state index >= 15 is 0 Å². The van der Waals surface area contributed by atoms with E-state index in [0.717, 1.165) is 37.6 Å². The summed E-state index contributed by atoms with van der Waals surface area (Å²) in [6.45, 7) is 4.68. The van der Waals surface area contributed by atoms with Crippen LogP contribution in [0.15, 0.2) is 22.6 Å². The van der Waals surface area contributed by atoms with Gasteiger partial charge in [-0.15, -0.1) is 10.2 Å². The summed E-state index contributed by atoms with van der Waals surface area (Å²) >= 11 is 0. The van der Waals surface area contributed by atoms with Crippen LogP contribution in [0.2, 0.25) is 0 Å². The first kappa shape index (κ1) is 15.8. The molecule has 1 aromatic carbocycles. The molecule has 1 aliphatic rings. The van der Waals surface area contributed by atoms with E-state index in [4.69, 9.17) is 13.9 Å². The van der Waals surface area contributed by atoms with Crippen LogP contribution in [0.25, 0.3) is 0 Å². The fourth-order valence-corrected chi connectivity index (χ4v) is 3.16. The van der Waals surface area contributed by atoms with Gasteiger partial charge in [-0.3, -0.25) is 4.90 Å². The molecule has 3 rings (SSSR count). The first-order valence-electron chi connectivity index (χ1n) is 7.90. The molecule has 1 saturated heterocycles. The fraction of sp³-hybridized carbons (Fsp3) is 0.529. The van der Waals surface area contributed by atoms with Crippen LogP contribution in [0, 0.1) is 12.8 Å². The van der Waals surface area contributed by atoms with E-state index in [1.165, 1.54) is 12.0 Å². The maximum Gasteiger partial charge on any atom is 0.230 e. The maximum absolute atomic E-state index is 5.46. The highest BCUT2D eigenvalue weighted by Gasteiger charge is 2.24. The van der Waals surface area contributed by atoms with Crippen LogP contribution in [0.1, 0.15) is 23.8 Å². The van der Waals surface area contributed by atoms with Crippen molar-refractivity contribution in [3.63, 3.8) is 0 Å². The van der Waals surface area contributed by atoms with E-state index < -0.39 is 0 Å². The highest BCUT2D eigenvalue weighted by Crippen LogP contribution is 2.30. The molecular formula is C17H23N3O3. The summed E-state index contributed by atoms with van der Waals surface area (Å²) in [5, 5.41) is 7.95. The maximum atomic E-state index is 5.46. The number of hydrogen-bond donors (Lipinski definition) is 0. The van der Waals surface area contributed by atoms with Crippen molar-refractivity contribution in [2.24, 2.45) is 5.92 Å². The van der Waals surface area contributed by atoms with Crippen LogP contribution >= 0.6 is 0 Å². The minimum Gasteiger partial charge on any atom is -0.493 e. The summed E-state index contributed by atoms with van der Waals surface area (Å²) < 4.78 is 16.1. The number of aromatic nitrogens is 2. The summed E-state index contributed by atoms with van der Waals surface area (Å²) in [5.41, 5.74) is 1.28. The zero-order valence-electron chi connectivity index (χ0n) is 13.9. The Bertz CT molecular complexity index is 656. The Morgan fingerprint density at radius 3 is 2.74 bits per heavy atom. The summed E-state index contributed by atoms with van der Waals surface area (Å²) in [6.07, 6.45) is 2.22. The van der Waals surface area contributed by atoms with Crippen LogP contribution < -0.4 is 9.47 Å². The number of rotatable bonds is 6. The average molecular weight is 317 g/mol. The van der Waals surface area contributed by atoms with Crippen molar-refractivity contribution < 1.29 is 13.9 Å². The van der Waals surface area contributed by atoms with E-state index in [9.17, 15) is 0 Å². The third-order valence-electron chi connectivity index (χ3n) is 4.27. The van der Waals surface area contributed by atoms with Crippen molar-refractivity contribution in [3.8, 4) is 11.5 Å². The van der Waals surface area contributed by atoms with Crippen LogP contribution in [0.5, 0.6) is 11.5 Å². The SMILES string of the molecule is COc1ccc(CC2CCN(Cc3nnc(C)o3)C2)cc1OC. The molecule has 2 heterocycles. The number of aryl methyl sites for hydroxylation is 1. The van der Waals surface area contributed by atoms with Crippen molar-refractivity contribution in [1.82, 2.24) is 15.1 Å². The Balaban J connectivity index is 1.57. The summed E-state index contributed by atoms with van der Waals surface area (Å²) in [4.78, 5) is 2.37. The average Bonchev–Trinajstić information content (AvgIpc) is 3.16. The second-order valence-corrected chi connectivity index (χ2v) is 6.00. The van der Waals surface area contributed by atoms with Gasteiger partial charge < -0.3 is 13.9 Å². The molecule has 6 nitrogen and oxygen atoms in total. The number of likely N-dealkylation sites (tertiary alicyclic amines) is 1. The molecule has 2 aromatic rings. The lowest BCUT2D eigenvalue weighted by Crippen LogP contribution is -2.20. The van der Waals surface area contributed by atoms with Crippen LogP contribution in [-0.4, -0.2) is 42.4 Å². The Morgan fingerprint density at radius 1 is 1.22 bits per heavy atom. The third-order valence-corrected chi connectivity index (χ3v) is 4.27. The van der Waals surface area contributed by atoms with Crippen molar-refractivity contribution in [3.05, 3.63) is 35.5 Å². The van der Waals surface area contributed by atoms with E-state index in [1.54, 1.807) is 14.2 Å². The Labute approximate surface area is 136 Å². The summed E-state index contributed by atoms with van der Waals surface area (Å²) in [7, 11) is 3.33. The highest BCUT2D eigenvalue weighted by molar-refractivity contribution is 5.43. The van der Waals surface area contributed by atoms with Gasteiger partial charge in [0.1, 0.15) is 0 Å². The first-order chi connectivity index (χ1) is 11.2. The molecular weight excluding hydrogens is 294 g/mol. The van der Waals surface area contributed by atoms with Gasteiger partial charge in [0.05, 0.1) is 20.8 Å². The number of ether oxygens (including phenoxy) is 2. The zero-order chi connectivity index (χ0) is 16.2. The van der Waals surface area contributed by atoms with Crippen molar-refractivity contribution in [2.45, 2.75) is 26.3 Å². The minimum absolute atomic E-state index is 0.626. The minimum atomic E-state index is 0.626. The molecule has 0 bridgehead atoms. The van der Waals surface area contributed by atoms with Gasteiger partial charge in [0.25, 0.3) is 0 Å². The quantitative estimate of drug-likeness (QED) is 0.815. The zero-order valence-corrected chi connectivity index (χ0v) is 13.9. The molecule has 0 spiro atoms. The Hall–Kier alpha value is -2.08. The highest BCUT2D eigenvalue weighted by atomic mass is 16.5. The van der Waals surface area contributed by atoms with Crippen molar-refractivity contribution >= 4 is 0 Å². The number of benzene rings is 1. The van der Waals surface area contributed by atoms with Gasteiger partial charge in [-0.05, 0) is 43.0 Å². The lowest BCUT2D eigenvalue weighted by atomic mass is 9.98. The molecule has 1 atom stereocenters. The van der Waals surface area contributed by atoms with Crippen LogP contribution in [0.4, 0.5) is 0 Å². The topological polar surface area (TPSA) is 60.6 Å². The van der Waals surface area contributed by atoms with Gasteiger partial charge >= 0.3 is 0 Å². The number of hydrogen-bond acceptors (Lipinski definition) is 6. The molecule has 0 aliphatic carbocycles. The number of methoxy groups -OCH3 is 2. The smallest absolute Gasteiger partial charge is 0.230 e. The fourth-order valence-electron chi connectivity index (χ4n) is 3.16. The van der Waals surface area contributed by atoms with Gasteiger partial charge in [-0.25, -0.2) is 0 Å². The van der Waals surface area contributed by atoms with E-state index in [1.807, 2.05) is 13.0 Å². The lowest BCUT2D eigenvalue weighted by Gasteiger charge is -2.14. The molecule has 6 heteroatoms. The van der Waals surface area contributed by atoms with Crippen molar-refractivity contribution in [2.75, 3.05) is 27.3 Å². The molecule has 0 saturated carbocycles. The molecule has 0 radical (unpaired) electrons. The van der Waals surface area contributed by atoms with Gasteiger partial charge in [0, 0.05) is 13.5 Å².